The van der Waals surface area contributed by atoms with Crippen molar-refractivity contribution in [2.45, 2.75) is 12.6 Å². The van der Waals surface area contributed by atoms with Crippen molar-refractivity contribution in [2.75, 3.05) is 11.9 Å². The number of hydrogen-bond donors (Lipinski definition) is 1. The molecule has 0 bridgehead atoms. The predicted molar refractivity (Wildman–Crippen MR) is 63.5 cm³/mol. The number of halogens is 5. The van der Waals surface area contributed by atoms with Gasteiger partial charge in [-0.1, -0.05) is 11.6 Å². The van der Waals surface area contributed by atoms with Crippen LogP contribution < -0.4 is 5.32 Å². The highest BCUT2D eigenvalue weighted by Gasteiger charge is 2.38. The van der Waals surface area contributed by atoms with Gasteiger partial charge in [0.15, 0.2) is 5.15 Å². The number of aromatic nitrogens is 3. The molecule has 0 amide bonds. The Labute approximate surface area is 115 Å². The highest BCUT2D eigenvalue weighted by atomic mass is 35.5. The highest BCUT2D eigenvalue weighted by molar-refractivity contribution is 6.29. The Morgan fingerprint density at radius 3 is 2.70 bits per heavy atom. The Kier molecular flexibility index (Phi) is 2.86. The highest BCUT2D eigenvalue weighted by Crippen LogP contribution is 2.41. The summed E-state index contributed by atoms with van der Waals surface area (Å²) < 4.78 is 53.0. The maximum atomic E-state index is 13.7. The van der Waals surface area contributed by atoms with Crippen LogP contribution in [0.4, 0.5) is 23.2 Å². The number of hydrogen-bond acceptors (Lipinski definition) is 3. The third kappa shape index (κ3) is 2.00. The van der Waals surface area contributed by atoms with Gasteiger partial charge in [-0.2, -0.15) is 18.3 Å². The molecule has 0 fully saturated rings. The second-order valence-corrected chi connectivity index (χ2v) is 4.63. The Hall–Kier alpha value is -1.83. The molecule has 0 spiro atoms. The van der Waals surface area contributed by atoms with E-state index in [9.17, 15) is 17.6 Å². The van der Waals surface area contributed by atoms with E-state index in [1.54, 1.807) is 0 Å². The van der Waals surface area contributed by atoms with Gasteiger partial charge >= 0.3 is 6.18 Å². The molecule has 0 saturated carbocycles. The molecule has 1 aromatic heterocycles. The van der Waals surface area contributed by atoms with E-state index >= 15 is 0 Å². The van der Waals surface area contributed by atoms with Crippen LogP contribution in [-0.2, 0) is 12.6 Å². The molecule has 1 aromatic carbocycles. The van der Waals surface area contributed by atoms with E-state index in [0.717, 1.165) is 11.0 Å². The summed E-state index contributed by atoms with van der Waals surface area (Å²) in [7, 11) is 0. The number of alkyl halides is 3. The molecule has 1 aliphatic heterocycles. The molecule has 1 aliphatic rings. The summed E-state index contributed by atoms with van der Waals surface area (Å²) in [5.74, 6) is -0.938. The van der Waals surface area contributed by atoms with E-state index in [0.29, 0.717) is 12.6 Å². The van der Waals surface area contributed by atoms with E-state index in [1.807, 2.05) is 0 Å². The summed E-state index contributed by atoms with van der Waals surface area (Å²) in [6, 6.07) is 0.448. The molecule has 0 atom stereocenters. The van der Waals surface area contributed by atoms with Gasteiger partial charge in [0.25, 0.3) is 0 Å². The topological polar surface area (TPSA) is 42.7 Å². The lowest BCUT2D eigenvalue weighted by atomic mass is 10.0. The number of nitrogens with zero attached hydrogens (tertiary/aromatic N) is 3. The van der Waals surface area contributed by atoms with Crippen LogP contribution in [0.1, 0.15) is 11.1 Å². The van der Waals surface area contributed by atoms with E-state index in [2.05, 4.69) is 15.5 Å². The van der Waals surface area contributed by atoms with Crippen LogP contribution in [0.3, 0.4) is 0 Å². The minimum Gasteiger partial charge on any atom is -0.382 e. The van der Waals surface area contributed by atoms with Crippen LogP contribution in [-0.4, -0.2) is 21.5 Å². The van der Waals surface area contributed by atoms with Gasteiger partial charge in [0, 0.05) is 12.1 Å². The summed E-state index contributed by atoms with van der Waals surface area (Å²) in [4.78, 5) is 0.788. The number of anilines is 1. The first-order valence-corrected chi connectivity index (χ1v) is 6.00. The average Bonchev–Trinajstić information content (AvgIpc) is 2.96. The summed E-state index contributed by atoms with van der Waals surface area (Å²) in [6.45, 7) is 0.357. The molecule has 0 radical (unpaired) electrons. The van der Waals surface area contributed by atoms with Gasteiger partial charge in [-0.25, -0.2) is 4.39 Å². The molecular formula is C11H7ClF4N4. The van der Waals surface area contributed by atoms with Crippen LogP contribution in [0, 0.1) is 5.82 Å². The summed E-state index contributed by atoms with van der Waals surface area (Å²) >= 11 is 5.59. The molecule has 0 saturated heterocycles. The lowest BCUT2D eigenvalue weighted by Gasteiger charge is -2.16. The van der Waals surface area contributed by atoms with Crippen LogP contribution in [0.5, 0.6) is 0 Å². The van der Waals surface area contributed by atoms with Crippen LogP contribution in [0.2, 0.25) is 5.15 Å². The largest absolute Gasteiger partial charge is 0.418 e. The molecule has 4 nitrogen and oxygen atoms in total. The number of rotatable bonds is 1. The summed E-state index contributed by atoms with van der Waals surface area (Å²) in [5.41, 5.74) is -1.15. The molecule has 2 aromatic rings. The lowest BCUT2D eigenvalue weighted by molar-refractivity contribution is -0.137. The second kappa shape index (κ2) is 4.34. The molecule has 106 valence electrons. The lowest BCUT2D eigenvalue weighted by Crippen LogP contribution is -2.15. The minimum absolute atomic E-state index is 0.0397. The van der Waals surface area contributed by atoms with Gasteiger partial charge in [0.1, 0.15) is 11.5 Å². The quantitative estimate of drug-likeness (QED) is 0.824. The molecular weight excluding hydrogens is 300 g/mol. The predicted octanol–water partition coefficient (Wildman–Crippen LogP) is 3.05. The fourth-order valence-electron chi connectivity index (χ4n) is 2.24. The molecule has 9 heteroatoms. The zero-order valence-electron chi connectivity index (χ0n) is 9.80. The van der Waals surface area contributed by atoms with Crippen molar-refractivity contribution in [1.82, 2.24) is 15.0 Å². The Morgan fingerprint density at radius 2 is 2.10 bits per heavy atom. The molecule has 0 unspecified atom stereocenters. The first kappa shape index (κ1) is 13.2. The van der Waals surface area contributed by atoms with Gasteiger partial charge in [0.05, 0.1) is 17.4 Å². The second-order valence-electron chi connectivity index (χ2n) is 4.24. The normalized spacial score (nSPS) is 14.2. The average molecular weight is 307 g/mol. The first-order chi connectivity index (χ1) is 9.38. The van der Waals surface area contributed by atoms with Crippen LogP contribution >= 0.6 is 11.6 Å². The Balaban J connectivity index is 2.33. The number of fused-ring (bicyclic) bond motifs is 1. The standard InChI is InChI=1S/C11H7ClF4N4/c12-8-4-18-20(19-8)10-5-1-2-17-9(5)7(13)3-6(10)11(14,15)16/h3-4,17H,1-2H2. The van der Waals surface area contributed by atoms with Crippen LogP contribution in [0.15, 0.2) is 12.3 Å². The molecule has 1 N–H and O–H groups in total. The summed E-state index contributed by atoms with van der Waals surface area (Å²) in [6.07, 6.45) is -3.33. The Bertz CT molecular complexity index is 680. The van der Waals surface area contributed by atoms with Crippen molar-refractivity contribution in [3.05, 3.63) is 34.4 Å². The Morgan fingerprint density at radius 1 is 1.35 bits per heavy atom. The number of benzene rings is 1. The van der Waals surface area contributed by atoms with E-state index < -0.39 is 17.6 Å². The molecule has 3 rings (SSSR count). The molecule has 0 aliphatic carbocycles. The van der Waals surface area contributed by atoms with Crippen molar-refractivity contribution in [2.24, 2.45) is 0 Å². The van der Waals surface area contributed by atoms with Gasteiger partial charge in [0.2, 0.25) is 0 Å². The van der Waals surface area contributed by atoms with E-state index in [-0.39, 0.29) is 28.5 Å². The van der Waals surface area contributed by atoms with E-state index in [4.69, 9.17) is 11.6 Å². The zero-order chi connectivity index (χ0) is 14.5. The van der Waals surface area contributed by atoms with Crippen molar-refractivity contribution in [3.8, 4) is 5.69 Å². The van der Waals surface area contributed by atoms with Gasteiger partial charge in [-0.15, -0.1) is 9.90 Å². The fourth-order valence-corrected chi connectivity index (χ4v) is 2.35. The van der Waals surface area contributed by atoms with Crippen molar-refractivity contribution >= 4 is 17.3 Å². The van der Waals surface area contributed by atoms with Gasteiger partial charge in [-0.3, -0.25) is 0 Å². The minimum atomic E-state index is -4.71. The maximum Gasteiger partial charge on any atom is 0.418 e. The van der Waals surface area contributed by atoms with Crippen molar-refractivity contribution < 1.29 is 17.6 Å². The van der Waals surface area contributed by atoms with Crippen LogP contribution in [0.25, 0.3) is 5.69 Å². The van der Waals surface area contributed by atoms with E-state index in [1.165, 1.54) is 0 Å². The maximum absolute atomic E-state index is 13.7. The van der Waals surface area contributed by atoms with Crippen molar-refractivity contribution in [3.63, 3.8) is 0 Å². The zero-order valence-corrected chi connectivity index (χ0v) is 10.6. The smallest absolute Gasteiger partial charge is 0.382 e. The van der Waals surface area contributed by atoms with Crippen molar-refractivity contribution in [1.29, 1.82) is 0 Å². The molecule has 2 heterocycles. The monoisotopic (exact) mass is 306 g/mol. The van der Waals surface area contributed by atoms with Gasteiger partial charge < -0.3 is 5.32 Å². The van der Waals surface area contributed by atoms with Gasteiger partial charge in [-0.05, 0) is 12.5 Å². The fraction of sp³-hybridized carbons (Fsp3) is 0.273. The summed E-state index contributed by atoms with van der Waals surface area (Å²) in [5, 5.41) is 10.1. The first-order valence-electron chi connectivity index (χ1n) is 5.62. The SMILES string of the molecule is Fc1cc(C(F)(F)F)c(-n2ncc(Cl)n2)c2c1NCC2. The number of nitrogens with one attached hydrogen (secondary N) is 1. The molecule has 20 heavy (non-hydrogen) atoms. The third-order valence-electron chi connectivity index (χ3n) is 3.00. The third-order valence-corrected chi connectivity index (χ3v) is 3.17.